The molecule has 5 nitrogen and oxygen atoms in total. The van der Waals surface area contributed by atoms with Gasteiger partial charge in [0.15, 0.2) is 0 Å². The average molecular weight is 305 g/mol. The maximum absolute atomic E-state index is 13.3. The maximum atomic E-state index is 13.3. The number of halogens is 1. The Hall–Kier alpha value is -2.59. The highest BCUT2D eigenvalue weighted by Crippen LogP contribution is 2.20. The summed E-state index contributed by atoms with van der Waals surface area (Å²) in [6.45, 7) is 0. The molecule has 0 spiro atoms. The van der Waals surface area contributed by atoms with Crippen LogP contribution in [-0.4, -0.2) is 8.42 Å². The van der Waals surface area contributed by atoms with E-state index in [4.69, 9.17) is 11.0 Å². The molecule has 0 bridgehead atoms. The summed E-state index contributed by atoms with van der Waals surface area (Å²) in [4.78, 5) is 0.0291. The van der Waals surface area contributed by atoms with Crippen LogP contribution in [0.4, 0.5) is 15.8 Å². The van der Waals surface area contributed by atoms with Crippen molar-refractivity contribution in [2.75, 3.05) is 10.5 Å². The first-order valence-electron chi connectivity index (χ1n) is 5.96. The second kappa shape index (κ2) is 5.81. The highest BCUT2D eigenvalue weighted by Gasteiger charge is 2.14. The van der Waals surface area contributed by atoms with E-state index in [1.807, 2.05) is 6.07 Å². The summed E-state index contributed by atoms with van der Waals surface area (Å²) < 4.78 is 39.8. The number of nitrogens with two attached hydrogens (primary N) is 1. The van der Waals surface area contributed by atoms with E-state index < -0.39 is 15.8 Å². The van der Waals surface area contributed by atoms with Gasteiger partial charge in [0, 0.05) is 6.07 Å². The van der Waals surface area contributed by atoms with Crippen LogP contribution in [0.3, 0.4) is 0 Å². The van der Waals surface area contributed by atoms with Gasteiger partial charge >= 0.3 is 0 Å². The van der Waals surface area contributed by atoms with Crippen LogP contribution in [0.5, 0.6) is 0 Å². The summed E-state index contributed by atoms with van der Waals surface area (Å²) in [5.41, 5.74) is 6.08. The quantitative estimate of drug-likeness (QED) is 0.847. The Bertz CT molecular complexity index is 796. The smallest absolute Gasteiger partial charge is 0.261 e. The average Bonchev–Trinajstić information content (AvgIpc) is 2.44. The summed E-state index contributed by atoms with van der Waals surface area (Å²) in [5.74, 6) is -0.695. The number of nitrogens with zero attached hydrogens (tertiary/aromatic N) is 1. The van der Waals surface area contributed by atoms with Crippen molar-refractivity contribution in [2.45, 2.75) is 11.3 Å². The number of benzene rings is 2. The molecule has 0 aliphatic heterocycles. The molecule has 3 N–H and O–H groups in total. The zero-order chi connectivity index (χ0) is 15.5. The van der Waals surface area contributed by atoms with Crippen LogP contribution in [0.2, 0.25) is 0 Å². The number of anilines is 2. The topological polar surface area (TPSA) is 96.0 Å². The molecule has 0 saturated carbocycles. The minimum absolute atomic E-state index is 0.0291. The molecule has 0 atom stereocenters. The predicted octanol–water partition coefficient (Wildman–Crippen LogP) is 2.27. The lowest BCUT2D eigenvalue weighted by Gasteiger charge is -2.09. The third-order valence-corrected chi connectivity index (χ3v) is 4.17. The standard InChI is InChI=1S/C14H12FN3O2S/c15-13-9-11(3-6-14(13)17)18-21(19,20)12-4-1-10(2-5-12)7-8-16/h1-6,9,18H,7,17H2. The second-order valence-electron chi connectivity index (χ2n) is 4.32. The van der Waals surface area contributed by atoms with Crippen LogP contribution in [0, 0.1) is 17.1 Å². The monoisotopic (exact) mass is 305 g/mol. The summed E-state index contributed by atoms with van der Waals surface area (Å²) in [6, 6.07) is 11.5. The minimum atomic E-state index is -3.82. The van der Waals surface area contributed by atoms with Gasteiger partial charge in [-0.1, -0.05) is 12.1 Å². The highest BCUT2D eigenvalue weighted by atomic mass is 32.2. The molecule has 2 aromatic carbocycles. The third kappa shape index (κ3) is 3.49. The van der Waals surface area contributed by atoms with Crippen molar-refractivity contribution in [3.63, 3.8) is 0 Å². The number of nitriles is 1. The van der Waals surface area contributed by atoms with Crippen molar-refractivity contribution in [3.05, 3.63) is 53.8 Å². The fourth-order valence-electron chi connectivity index (χ4n) is 1.68. The molecule has 0 aliphatic carbocycles. The molecule has 21 heavy (non-hydrogen) atoms. The summed E-state index contributed by atoms with van der Waals surface area (Å²) >= 11 is 0. The van der Waals surface area contributed by atoms with Gasteiger partial charge in [-0.15, -0.1) is 0 Å². The Balaban J connectivity index is 2.25. The number of sulfonamides is 1. The zero-order valence-electron chi connectivity index (χ0n) is 10.9. The molecule has 0 aromatic heterocycles. The van der Waals surface area contributed by atoms with Crippen LogP contribution >= 0.6 is 0 Å². The maximum Gasteiger partial charge on any atom is 0.261 e. The summed E-state index contributed by atoms with van der Waals surface area (Å²) in [5, 5.41) is 8.57. The number of nitrogen functional groups attached to an aromatic ring is 1. The first-order valence-corrected chi connectivity index (χ1v) is 7.44. The van der Waals surface area contributed by atoms with Crippen molar-refractivity contribution < 1.29 is 12.8 Å². The van der Waals surface area contributed by atoms with Crippen molar-refractivity contribution >= 4 is 21.4 Å². The van der Waals surface area contributed by atoms with Gasteiger partial charge in [0.1, 0.15) is 5.82 Å². The van der Waals surface area contributed by atoms with E-state index in [9.17, 15) is 12.8 Å². The Morgan fingerprint density at radius 3 is 2.43 bits per heavy atom. The first-order chi connectivity index (χ1) is 9.92. The highest BCUT2D eigenvalue weighted by molar-refractivity contribution is 7.92. The Kier molecular flexibility index (Phi) is 4.10. The van der Waals surface area contributed by atoms with Gasteiger partial charge in [0.25, 0.3) is 10.0 Å². The molecule has 7 heteroatoms. The molecule has 2 aromatic rings. The van der Waals surface area contributed by atoms with Crippen LogP contribution in [0.25, 0.3) is 0 Å². The van der Waals surface area contributed by atoms with E-state index in [1.54, 1.807) is 12.1 Å². The normalized spacial score (nSPS) is 10.9. The van der Waals surface area contributed by atoms with Gasteiger partial charge in [-0.25, -0.2) is 12.8 Å². The fourth-order valence-corrected chi connectivity index (χ4v) is 2.73. The number of hydrogen-bond acceptors (Lipinski definition) is 4. The Labute approximate surface area is 121 Å². The molecule has 0 amide bonds. The molecule has 0 aliphatic rings. The Morgan fingerprint density at radius 2 is 1.86 bits per heavy atom. The fraction of sp³-hybridized carbons (Fsp3) is 0.0714. The van der Waals surface area contributed by atoms with E-state index in [1.165, 1.54) is 24.3 Å². The summed E-state index contributed by atoms with van der Waals surface area (Å²) in [7, 11) is -3.82. The van der Waals surface area contributed by atoms with E-state index in [-0.39, 0.29) is 22.7 Å². The van der Waals surface area contributed by atoms with Crippen molar-refractivity contribution in [2.24, 2.45) is 0 Å². The van der Waals surface area contributed by atoms with Gasteiger partial charge in [-0.3, -0.25) is 4.72 Å². The SMILES string of the molecule is N#CCc1ccc(S(=O)(=O)Nc2ccc(N)c(F)c2)cc1. The predicted molar refractivity (Wildman–Crippen MR) is 77.4 cm³/mol. The lowest BCUT2D eigenvalue weighted by molar-refractivity contribution is 0.601. The van der Waals surface area contributed by atoms with Crippen LogP contribution in [-0.2, 0) is 16.4 Å². The van der Waals surface area contributed by atoms with E-state index in [2.05, 4.69) is 4.72 Å². The van der Waals surface area contributed by atoms with E-state index in [0.717, 1.165) is 11.6 Å². The van der Waals surface area contributed by atoms with Crippen molar-refractivity contribution in [1.82, 2.24) is 0 Å². The second-order valence-corrected chi connectivity index (χ2v) is 6.00. The minimum Gasteiger partial charge on any atom is -0.396 e. The van der Waals surface area contributed by atoms with Crippen molar-refractivity contribution in [3.8, 4) is 6.07 Å². The molecule has 0 heterocycles. The van der Waals surface area contributed by atoms with Crippen molar-refractivity contribution in [1.29, 1.82) is 5.26 Å². The lowest BCUT2D eigenvalue weighted by atomic mass is 10.2. The van der Waals surface area contributed by atoms with Gasteiger partial charge in [-0.2, -0.15) is 5.26 Å². The summed E-state index contributed by atoms with van der Waals surface area (Å²) in [6.07, 6.45) is 0.205. The van der Waals surface area contributed by atoms with E-state index in [0.29, 0.717) is 0 Å². The molecule has 0 saturated heterocycles. The molecule has 0 unspecified atom stereocenters. The number of rotatable bonds is 4. The molecule has 2 rings (SSSR count). The van der Waals surface area contributed by atoms with Gasteiger partial charge in [0.2, 0.25) is 0 Å². The number of hydrogen-bond donors (Lipinski definition) is 2. The molecule has 108 valence electrons. The number of nitrogens with one attached hydrogen (secondary N) is 1. The third-order valence-electron chi connectivity index (χ3n) is 2.77. The molecule has 0 radical (unpaired) electrons. The molecular weight excluding hydrogens is 293 g/mol. The van der Waals surface area contributed by atoms with Gasteiger partial charge < -0.3 is 5.73 Å². The first kappa shape index (κ1) is 14.8. The molecule has 0 fully saturated rings. The lowest BCUT2D eigenvalue weighted by Crippen LogP contribution is -2.13. The van der Waals surface area contributed by atoms with Crippen LogP contribution in [0.1, 0.15) is 5.56 Å². The van der Waals surface area contributed by atoms with Crippen LogP contribution < -0.4 is 10.5 Å². The van der Waals surface area contributed by atoms with Crippen LogP contribution in [0.15, 0.2) is 47.4 Å². The van der Waals surface area contributed by atoms with E-state index >= 15 is 0 Å². The van der Waals surface area contributed by atoms with Gasteiger partial charge in [0.05, 0.1) is 28.8 Å². The Morgan fingerprint density at radius 1 is 1.19 bits per heavy atom. The largest absolute Gasteiger partial charge is 0.396 e. The zero-order valence-corrected chi connectivity index (χ0v) is 11.7. The van der Waals surface area contributed by atoms with Gasteiger partial charge in [-0.05, 0) is 29.8 Å². The molecular formula is C14H12FN3O2S.